The second kappa shape index (κ2) is 7.34. The van der Waals surface area contributed by atoms with Crippen molar-refractivity contribution in [3.8, 4) is 11.5 Å². The molecule has 138 valence electrons. The molecule has 5 nitrogen and oxygen atoms in total. The van der Waals surface area contributed by atoms with Crippen LogP contribution in [0.15, 0.2) is 52.9 Å². The van der Waals surface area contributed by atoms with E-state index in [1.54, 1.807) is 16.0 Å². The molecule has 0 radical (unpaired) electrons. The Morgan fingerprint density at radius 1 is 1.19 bits per heavy atom. The first kappa shape index (κ1) is 18.0. The van der Waals surface area contributed by atoms with E-state index in [2.05, 4.69) is 31.2 Å². The highest BCUT2D eigenvalue weighted by Crippen LogP contribution is 2.25. The Morgan fingerprint density at radius 3 is 2.70 bits per heavy atom. The van der Waals surface area contributed by atoms with Crippen molar-refractivity contribution in [3.63, 3.8) is 0 Å². The summed E-state index contributed by atoms with van der Waals surface area (Å²) < 4.78 is 8.73. The molecule has 1 N–H and O–H groups in total. The summed E-state index contributed by atoms with van der Waals surface area (Å²) in [7, 11) is 2.13. The van der Waals surface area contributed by atoms with Crippen LogP contribution in [-0.4, -0.2) is 21.8 Å². The number of aromatic nitrogens is 3. The maximum atomic E-state index is 5.76. The van der Waals surface area contributed by atoms with Crippen LogP contribution >= 0.6 is 23.6 Å². The summed E-state index contributed by atoms with van der Waals surface area (Å²) in [5, 5.41) is 5.72. The number of para-hydroxylation sites is 1. The highest BCUT2D eigenvalue weighted by molar-refractivity contribution is 7.71. The normalized spacial score (nSPS) is 13.7. The average Bonchev–Trinajstić information content (AvgIpc) is 3.25. The maximum absolute atomic E-state index is 5.76. The third kappa shape index (κ3) is 3.58. The van der Waals surface area contributed by atoms with Crippen LogP contribution in [0.3, 0.4) is 0 Å². The molecule has 2 heterocycles. The summed E-state index contributed by atoms with van der Waals surface area (Å²) in [6.07, 6.45) is 0. The topological polar surface area (TPSA) is 48.3 Å². The summed E-state index contributed by atoms with van der Waals surface area (Å²) in [4.78, 5) is 6.42. The third-order valence-corrected chi connectivity index (χ3v) is 6.31. The lowest BCUT2D eigenvalue weighted by Crippen LogP contribution is -3.08. The molecular formula is C20H21N4OS2+. The van der Waals surface area contributed by atoms with Gasteiger partial charge in [0.15, 0.2) is 11.7 Å². The fourth-order valence-corrected chi connectivity index (χ4v) is 4.28. The molecule has 0 fully saturated rings. The van der Waals surface area contributed by atoms with Crippen LogP contribution < -0.4 is 4.90 Å². The molecule has 2 atom stereocenters. The minimum atomic E-state index is 0.225. The van der Waals surface area contributed by atoms with Crippen LogP contribution in [0.1, 0.15) is 23.5 Å². The highest BCUT2D eigenvalue weighted by atomic mass is 32.1. The predicted molar refractivity (Wildman–Crippen MR) is 110 cm³/mol. The maximum Gasteiger partial charge on any atom is 0.292 e. The van der Waals surface area contributed by atoms with Gasteiger partial charge in [0.2, 0.25) is 5.89 Å². The summed E-state index contributed by atoms with van der Waals surface area (Å²) in [6, 6.07) is 16.5. The van der Waals surface area contributed by atoms with E-state index in [9.17, 15) is 0 Å². The molecule has 4 rings (SSSR count). The first-order valence-electron chi connectivity index (χ1n) is 8.84. The first-order chi connectivity index (χ1) is 13.0. The van der Waals surface area contributed by atoms with Crippen molar-refractivity contribution >= 4 is 33.8 Å². The van der Waals surface area contributed by atoms with Crippen LogP contribution in [0.2, 0.25) is 0 Å². The largest absolute Gasteiger partial charge is 0.409 e. The molecule has 27 heavy (non-hydrogen) atoms. The number of quaternary nitrogens is 1. The molecule has 0 spiro atoms. The Kier molecular flexibility index (Phi) is 4.90. The standard InChI is InChI=1S/C20H20N4OS2/c1-13-8-4-5-9-15(13)18-22-24(20(26)25-18)12-23(3)14(2)19-21-16-10-6-7-11-17(16)27-19/h4-11,14H,12H2,1-3H3/p+1/t14-/m1/s1. The minimum Gasteiger partial charge on any atom is -0.409 e. The average molecular weight is 398 g/mol. The molecule has 0 aliphatic heterocycles. The lowest BCUT2D eigenvalue weighted by atomic mass is 10.1. The van der Waals surface area contributed by atoms with Crippen molar-refractivity contribution in [1.82, 2.24) is 14.8 Å². The Balaban J connectivity index is 1.56. The van der Waals surface area contributed by atoms with Gasteiger partial charge in [-0.3, -0.25) is 0 Å². The Bertz CT molecular complexity index is 1110. The number of thiazole rings is 1. The monoisotopic (exact) mass is 397 g/mol. The Morgan fingerprint density at radius 2 is 1.93 bits per heavy atom. The zero-order valence-electron chi connectivity index (χ0n) is 15.5. The van der Waals surface area contributed by atoms with Crippen LogP contribution in [0.25, 0.3) is 21.7 Å². The summed E-state index contributed by atoms with van der Waals surface area (Å²) in [5.41, 5.74) is 3.14. The van der Waals surface area contributed by atoms with Crippen LogP contribution in [0.4, 0.5) is 0 Å². The second-order valence-corrected chi connectivity index (χ2v) is 8.15. The zero-order valence-corrected chi connectivity index (χ0v) is 17.1. The number of hydrogen-bond acceptors (Lipinski definition) is 5. The highest BCUT2D eigenvalue weighted by Gasteiger charge is 2.21. The fraction of sp³-hybridized carbons (Fsp3) is 0.250. The van der Waals surface area contributed by atoms with Crippen molar-refractivity contribution in [2.45, 2.75) is 26.6 Å². The summed E-state index contributed by atoms with van der Waals surface area (Å²) >= 11 is 7.14. The minimum absolute atomic E-state index is 0.225. The molecule has 2 aromatic carbocycles. The molecule has 0 aliphatic rings. The van der Waals surface area contributed by atoms with E-state index >= 15 is 0 Å². The number of rotatable bonds is 5. The second-order valence-electron chi connectivity index (χ2n) is 6.73. The van der Waals surface area contributed by atoms with Crippen molar-refractivity contribution in [2.75, 3.05) is 7.05 Å². The van der Waals surface area contributed by atoms with Gasteiger partial charge in [-0.1, -0.05) is 30.3 Å². The lowest BCUT2D eigenvalue weighted by molar-refractivity contribution is -0.933. The van der Waals surface area contributed by atoms with Gasteiger partial charge in [0.25, 0.3) is 4.84 Å². The van der Waals surface area contributed by atoms with Gasteiger partial charge in [0, 0.05) is 5.56 Å². The van der Waals surface area contributed by atoms with Crippen molar-refractivity contribution < 1.29 is 9.32 Å². The third-order valence-electron chi connectivity index (χ3n) is 4.80. The van der Waals surface area contributed by atoms with Gasteiger partial charge >= 0.3 is 0 Å². The van der Waals surface area contributed by atoms with E-state index in [-0.39, 0.29) is 6.04 Å². The summed E-state index contributed by atoms with van der Waals surface area (Å²) in [6.45, 7) is 4.84. The van der Waals surface area contributed by atoms with Gasteiger partial charge in [-0.2, -0.15) is 4.68 Å². The molecule has 0 saturated heterocycles. The van der Waals surface area contributed by atoms with Crippen LogP contribution in [-0.2, 0) is 6.67 Å². The Hall–Kier alpha value is -2.35. The van der Waals surface area contributed by atoms with E-state index in [1.165, 1.54) is 9.60 Å². The van der Waals surface area contributed by atoms with E-state index < -0.39 is 0 Å². The van der Waals surface area contributed by atoms with E-state index in [0.717, 1.165) is 21.7 Å². The van der Waals surface area contributed by atoms with Gasteiger partial charge < -0.3 is 9.32 Å². The quantitative estimate of drug-likeness (QED) is 0.517. The van der Waals surface area contributed by atoms with Crippen LogP contribution in [0, 0.1) is 11.8 Å². The molecule has 0 saturated carbocycles. The summed E-state index contributed by atoms with van der Waals surface area (Å²) in [5.74, 6) is 0.568. The van der Waals surface area contributed by atoms with Gasteiger partial charge in [-0.25, -0.2) is 4.98 Å². The van der Waals surface area contributed by atoms with E-state index in [1.807, 2.05) is 43.3 Å². The first-order valence-corrected chi connectivity index (χ1v) is 10.1. The number of fused-ring (bicyclic) bond motifs is 1. The van der Waals surface area contributed by atoms with Crippen LogP contribution in [0.5, 0.6) is 0 Å². The van der Waals surface area contributed by atoms with Crippen molar-refractivity contribution in [3.05, 3.63) is 63.9 Å². The number of nitrogens with one attached hydrogen (secondary N) is 1. The lowest BCUT2D eigenvalue weighted by Gasteiger charge is -2.19. The van der Waals surface area contributed by atoms with Crippen molar-refractivity contribution in [2.24, 2.45) is 0 Å². The van der Waals surface area contributed by atoms with Gasteiger partial charge in [-0.05, 0) is 49.8 Å². The smallest absolute Gasteiger partial charge is 0.292 e. The molecule has 0 bridgehead atoms. The molecular weight excluding hydrogens is 376 g/mol. The molecule has 1 unspecified atom stereocenters. The number of aryl methyl sites for hydroxylation is 1. The number of nitrogens with zero attached hydrogens (tertiary/aromatic N) is 3. The SMILES string of the molecule is Cc1ccccc1-c1nn(C[NH+](C)[C@H](C)c2nc3ccccc3s2)c(=S)o1. The molecule has 4 aromatic rings. The fourth-order valence-electron chi connectivity index (χ4n) is 2.99. The van der Waals surface area contributed by atoms with Gasteiger partial charge in [0.05, 0.1) is 17.3 Å². The number of benzene rings is 2. The molecule has 7 heteroatoms. The van der Waals surface area contributed by atoms with E-state index in [0.29, 0.717) is 17.4 Å². The van der Waals surface area contributed by atoms with Crippen molar-refractivity contribution in [1.29, 1.82) is 0 Å². The molecule has 0 aliphatic carbocycles. The number of hydrogen-bond donors (Lipinski definition) is 1. The Labute approximate surface area is 166 Å². The zero-order chi connectivity index (χ0) is 19.0. The van der Waals surface area contributed by atoms with Gasteiger partial charge in [0.1, 0.15) is 6.04 Å². The van der Waals surface area contributed by atoms with E-state index in [4.69, 9.17) is 21.6 Å². The molecule has 0 amide bonds. The van der Waals surface area contributed by atoms with Gasteiger partial charge in [-0.15, -0.1) is 16.4 Å². The molecule has 2 aromatic heterocycles. The predicted octanol–water partition coefficient (Wildman–Crippen LogP) is 4.02.